The van der Waals surface area contributed by atoms with E-state index < -0.39 is 28.9 Å². The van der Waals surface area contributed by atoms with Gasteiger partial charge in [0.05, 0.1) is 93.3 Å². The monoisotopic (exact) mass is 1430 g/mol. The molecule has 0 aromatic heterocycles. The molecule has 10 rings (SSSR count). The van der Waals surface area contributed by atoms with E-state index in [1.165, 1.54) is 0 Å². The molecular weight excluding hydrogens is 1270 g/mol. The molecule has 17 atom stereocenters. The van der Waals surface area contributed by atoms with Crippen LogP contribution in [-0.4, -0.2) is 201 Å². The molecule has 10 saturated heterocycles. The molecule has 5 spiro atoms. The first-order chi connectivity index (χ1) is 45.6. The van der Waals surface area contributed by atoms with Gasteiger partial charge in [-0.05, 0) is 153 Å². The first-order valence-electron chi connectivity index (χ1n) is 39.5. The predicted octanol–water partition coefficient (Wildman–Crippen LogP) is 17.8. The van der Waals surface area contributed by atoms with E-state index in [9.17, 15) is 26.0 Å². The Balaban J connectivity index is 0.000000225. The molecule has 5 N–H and O–H groups in total. The van der Waals surface area contributed by atoms with Crippen molar-refractivity contribution in [3.8, 4) is 0 Å². The summed E-state index contributed by atoms with van der Waals surface area (Å²) >= 11 is 0. The first-order valence-corrected chi connectivity index (χ1v) is 39.5. The maximum atomic E-state index is 10.9. The van der Waals surface area contributed by atoms with Crippen molar-refractivity contribution >= 4 is 0 Å². The van der Waals surface area contributed by atoms with Crippen LogP contribution in [0, 0.1) is 40.4 Å². The van der Waals surface area contributed by atoms with Crippen LogP contribution in [0.3, 0.4) is 0 Å². The fraction of sp³-hybridized carbons (Fsp3) is 1.00. The predicted molar refractivity (Wildman–Crippen MR) is 395 cm³/mol. The maximum Gasteiger partial charge on any atom is 0.175 e. The van der Waals surface area contributed by atoms with Gasteiger partial charge in [-0.1, -0.05) is 139 Å². The zero-order valence-corrected chi connectivity index (χ0v) is 68.9. The van der Waals surface area contributed by atoms with Crippen LogP contribution < -0.4 is 0 Å². The number of nitrogens with zero attached hydrogens (tertiary/aromatic N) is 5. The SMILES string of the molecule is C.CCC1(C)CC2(OCC(C)(C)CO2)C(C)C(C)(CC)N1O.CCC1(C)CC2(OCC(C)O2)C(C)C(C)(CC)N1O.CCC1(C)CC2(OCCCO2)C(C)C(C)(CC)N1O.CCC1(C)CC2(OCCO2)C(C)C(C)(CC)N1O.CCC1(C)COC2(CC(C)(CC)N(O)C(C)(CC)C2C)OC1. The van der Waals surface area contributed by atoms with Crippen molar-refractivity contribution in [1.82, 2.24) is 25.3 Å². The second-order valence-corrected chi connectivity index (χ2v) is 36.4. The van der Waals surface area contributed by atoms with Crippen molar-refractivity contribution in [1.29, 1.82) is 0 Å². The lowest BCUT2D eigenvalue weighted by molar-refractivity contribution is -0.400. The fourth-order valence-corrected chi connectivity index (χ4v) is 18.9. The van der Waals surface area contributed by atoms with E-state index in [1.54, 1.807) is 25.3 Å². The highest BCUT2D eigenvalue weighted by Crippen LogP contribution is 2.59. The molecular formula is C80H157N5O15. The molecule has 0 saturated carbocycles. The number of rotatable bonds is 11. The van der Waals surface area contributed by atoms with Crippen molar-refractivity contribution in [2.24, 2.45) is 40.4 Å². The number of ether oxygens (including phenoxy) is 10. The van der Waals surface area contributed by atoms with Crippen molar-refractivity contribution in [2.75, 3.05) is 59.5 Å². The highest BCUT2D eigenvalue weighted by Gasteiger charge is 2.68. The van der Waals surface area contributed by atoms with Crippen molar-refractivity contribution in [2.45, 2.75) is 415 Å². The first kappa shape index (κ1) is 89.8. The number of piperidine rings is 5. The molecule has 20 nitrogen and oxygen atoms in total. The van der Waals surface area contributed by atoms with Crippen LogP contribution in [0.5, 0.6) is 0 Å². The topological polar surface area (TPSA) is 210 Å². The molecule has 0 bridgehead atoms. The van der Waals surface area contributed by atoms with E-state index in [4.69, 9.17) is 47.4 Å². The van der Waals surface area contributed by atoms with Gasteiger partial charge >= 0.3 is 0 Å². The molecule has 0 aromatic carbocycles. The summed E-state index contributed by atoms with van der Waals surface area (Å²) in [4.78, 5) is 0. The minimum Gasteiger partial charge on any atom is -0.349 e. The normalized spacial score (nSPS) is 46.4. The summed E-state index contributed by atoms with van der Waals surface area (Å²) in [5.74, 6) is -2.15. The number of hydrogen-bond acceptors (Lipinski definition) is 20. The largest absolute Gasteiger partial charge is 0.349 e. The van der Waals surface area contributed by atoms with Crippen LogP contribution in [0.1, 0.15) is 324 Å². The average molecular weight is 1430 g/mol. The van der Waals surface area contributed by atoms with Gasteiger partial charge in [0.25, 0.3) is 0 Å². The fourth-order valence-electron chi connectivity index (χ4n) is 18.9. The quantitative estimate of drug-likeness (QED) is 0.130. The standard InChI is InChI=1S/C18H35NO3.C17H33NO3.2C15H29NO3.C14H27NO3.CH4/c1-8-15(5)12-21-18(22-13-15)11-16(6,9-2)19(20)17(7,10-3)14(18)4;1-8-15(6)10-17(20-11-14(4,5)12-21-17)13(3)16(7,9-2)18(15)19;1-7-13(5)10-15(18-9-11(3)19-15)12(4)14(6,8-2)16(13)17;1-6-13(4)11-15(18-9-8-10-19-15)12(3)14(5,7-2)16(13)17;1-6-12(4)10-14(17-8-9-18-14)11(3)13(5,7-2)15(12)16;/h14,20H,8-13H2,1-7H3;13,19H,8-12H2,1-7H3;11-12,17H,7-10H2,1-6H3;12,17H,6-11H2,1-5H3;11,16H,6-10H2,1-5H3;1H4. The highest BCUT2D eigenvalue weighted by atomic mass is 16.8. The Morgan fingerprint density at radius 3 is 0.750 bits per heavy atom. The molecule has 100 heavy (non-hydrogen) atoms. The number of hydroxylamine groups is 10. The van der Waals surface area contributed by atoms with E-state index in [0.717, 1.165) is 116 Å². The van der Waals surface area contributed by atoms with E-state index >= 15 is 0 Å². The number of hydrogen-bond donors (Lipinski definition) is 5. The molecule has 10 aliphatic rings. The van der Waals surface area contributed by atoms with Gasteiger partial charge in [-0.3, -0.25) is 0 Å². The van der Waals surface area contributed by atoms with E-state index in [0.29, 0.717) is 52.3 Å². The molecule has 20 heteroatoms. The van der Waals surface area contributed by atoms with Gasteiger partial charge in [0.1, 0.15) is 0 Å². The van der Waals surface area contributed by atoms with E-state index in [-0.39, 0.29) is 109 Å². The van der Waals surface area contributed by atoms with Gasteiger partial charge in [0, 0.05) is 100 Å². The maximum absolute atomic E-state index is 10.9. The Kier molecular flexibility index (Phi) is 28.8. The summed E-state index contributed by atoms with van der Waals surface area (Å²) in [7, 11) is 0. The smallest absolute Gasteiger partial charge is 0.175 e. The highest BCUT2D eigenvalue weighted by molar-refractivity contribution is 5.14. The summed E-state index contributed by atoms with van der Waals surface area (Å²) in [5, 5.41) is 61.9. The second-order valence-electron chi connectivity index (χ2n) is 36.4. The molecule has 0 amide bonds. The van der Waals surface area contributed by atoms with Crippen LogP contribution in [0.4, 0.5) is 0 Å². The van der Waals surface area contributed by atoms with Crippen molar-refractivity contribution in [3.63, 3.8) is 0 Å². The van der Waals surface area contributed by atoms with Crippen LogP contribution in [-0.2, 0) is 47.4 Å². The molecule has 10 fully saturated rings. The zero-order chi connectivity index (χ0) is 75.3. The third-order valence-electron chi connectivity index (χ3n) is 29.8. The van der Waals surface area contributed by atoms with Crippen molar-refractivity contribution < 1.29 is 73.4 Å². The Labute approximate surface area is 610 Å². The Morgan fingerprint density at radius 2 is 0.520 bits per heavy atom. The van der Waals surface area contributed by atoms with Crippen molar-refractivity contribution in [3.05, 3.63) is 0 Å². The molecule has 0 aromatic rings. The summed E-state index contributed by atoms with van der Waals surface area (Å²) in [6, 6.07) is 0. The summed E-state index contributed by atoms with van der Waals surface area (Å²) in [6.07, 6.45) is 14.4. The van der Waals surface area contributed by atoms with Crippen LogP contribution in [0.25, 0.3) is 0 Å². The second kappa shape index (κ2) is 32.0. The summed E-state index contributed by atoms with van der Waals surface area (Å²) in [5.41, 5.74) is -3.01. The Morgan fingerprint density at radius 1 is 0.290 bits per heavy atom. The minimum atomic E-state index is -0.580. The Hall–Kier alpha value is -0.800. The van der Waals surface area contributed by atoms with Crippen LogP contribution >= 0.6 is 0 Å². The Bertz CT molecular complexity index is 2530. The summed E-state index contributed by atoms with van der Waals surface area (Å²) < 4.78 is 61.9. The lowest BCUT2D eigenvalue weighted by atomic mass is 9.67. The van der Waals surface area contributed by atoms with Gasteiger partial charge in [-0.15, -0.1) is 0 Å². The molecule has 10 heterocycles. The van der Waals surface area contributed by atoms with Gasteiger partial charge in [0.15, 0.2) is 28.9 Å². The van der Waals surface area contributed by atoms with E-state index in [1.807, 2.05) is 0 Å². The molecule has 0 radical (unpaired) electrons. The van der Waals surface area contributed by atoms with Gasteiger partial charge in [0.2, 0.25) is 0 Å². The van der Waals surface area contributed by atoms with Gasteiger partial charge in [-0.25, -0.2) is 0 Å². The van der Waals surface area contributed by atoms with Gasteiger partial charge in [-0.2, -0.15) is 25.3 Å². The molecule has 17 unspecified atom stereocenters. The van der Waals surface area contributed by atoms with Crippen LogP contribution in [0.15, 0.2) is 0 Å². The van der Waals surface area contributed by atoms with Crippen LogP contribution in [0.2, 0.25) is 0 Å². The molecule has 10 aliphatic heterocycles. The molecule has 592 valence electrons. The minimum absolute atomic E-state index is 0. The third-order valence-corrected chi connectivity index (χ3v) is 29.8. The lowest BCUT2D eigenvalue weighted by Gasteiger charge is -2.63. The average Bonchev–Trinajstić information content (AvgIpc) is 0.916. The molecule has 0 aliphatic carbocycles. The summed E-state index contributed by atoms with van der Waals surface area (Å²) in [6.45, 7) is 70.3. The van der Waals surface area contributed by atoms with E-state index in [2.05, 4.69) is 208 Å². The van der Waals surface area contributed by atoms with Gasteiger partial charge < -0.3 is 73.4 Å². The lowest BCUT2D eigenvalue weighted by Crippen LogP contribution is -2.73. The zero-order valence-electron chi connectivity index (χ0n) is 68.9. The third kappa shape index (κ3) is 15.6.